The molecule has 19 heavy (non-hydrogen) atoms. The second kappa shape index (κ2) is 4.88. The summed E-state index contributed by atoms with van der Waals surface area (Å²) in [6, 6.07) is 6.50. The van der Waals surface area contributed by atoms with E-state index in [1.165, 1.54) is 17.5 Å². The lowest BCUT2D eigenvalue weighted by Crippen LogP contribution is -2.18. The molecular formula is C15H18N4. The molecule has 4 heteroatoms. The summed E-state index contributed by atoms with van der Waals surface area (Å²) in [5.41, 5.74) is 10.3. The standard InChI is InChI=1S/C15H18N4/c1-10-15(18-8-7-17-10)19-14-4-2-3-11-9-12(16)5-6-13(11)14/h5-9,14H,2-4,16H2,1H3,(H,18,19). The largest absolute Gasteiger partial charge is 0.399 e. The van der Waals surface area contributed by atoms with Crippen LogP contribution in [0.15, 0.2) is 30.6 Å². The first-order valence-corrected chi connectivity index (χ1v) is 6.66. The average molecular weight is 254 g/mol. The van der Waals surface area contributed by atoms with Crippen LogP contribution in [0.1, 0.15) is 35.7 Å². The molecule has 3 N–H and O–H groups in total. The molecule has 98 valence electrons. The van der Waals surface area contributed by atoms with E-state index in [4.69, 9.17) is 5.73 Å². The van der Waals surface area contributed by atoms with E-state index in [1.807, 2.05) is 13.0 Å². The van der Waals surface area contributed by atoms with E-state index in [0.29, 0.717) is 6.04 Å². The van der Waals surface area contributed by atoms with Crippen LogP contribution in [0.25, 0.3) is 0 Å². The Morgan fingerprint density at radius 2 is 2.11 bits per heavy atom. The molecule has 0 radical (unpaired) electrons. The smallest absolute Gasteiger partial charge is 0.147 e. The summed E-state index contributed by atoms with van der Waals surface area (Å²) in [5, 5.41) is 3.51. The Balaban J connectivity index is 1.90. The second-order valence-electron chi connectivity index (χ2n) is 5.04. The van der Waals surface area contributed by atoms with Gasteiger partial charge in [0.15, 0.2) is 0 Å². The monoisotopic (exact) mass is 254 g/mol. The van der Waals surface area contributed by atoms with Crippen molar-refractivity contribution in [2.45, 2.75) is 32.2 Å². The molecule has 0 amide bonds. The second-order valence-corrected chi connectivity index (χ2v) is 5.04. The van der Waals surface area contributed by atoms with Gasteiger partial charge in [-0.2, -0.15) is 0 Å². The first kappa shape index (κ1) is 12.0. The van der Waals surface area contributed by atoms with E-state index in [2.05, 4.69) is 27.4 Å². The SMILES string of the molecule is Cc1nccnc1NC1CCCc2cc(N)ccc21. The predicted molar refractivity (Wildman–Crippen MR) is 76.9 cm³/mol. The van der Waals surface area contributed by atoms with Gasteiger partial charge in [-0.25, -0.2) is 4.98 Å². The van der Waals surface area contributed by atoms with E-state index >= 15 is 0 Å². The molecule has 0 aliphatic heterocycles. The summed E-state index contributed by atoms with van der Waals surface area (Å²) in [6.07, 6.45) is 6.84. The molecule has 0 bridgehead atoms. The fourth-order valence-electron chi connectivity index (χ4n) is 2.70. The molecular weight excluding hydrogens is 236 g/mol. The highest BCUT2D eigenvalue weighted by Gasteiger charge is 2.21. The van der Waals surface area contributed by atoms with Crippen molar-refractivity contribution in [3.63, 3.8) is 0 Å². The maximum absolute atomic E-state index is 5.86. The van der Waals surface area contributed by atoms with E-state index in [9.17, 15) is 0 Å². The number of nitrogen functional groups attached to an aromatic ring is 1. The van der Waals surface area contributed by atoms with Crippen molar-refractivity contribution in [3.05, 3.63) is 47.4 Å². The summed E-state index contributed by atoms with van der Waals surface area (Å²) in [7, 11) is 0. The highest BCUT2D eigenvalue weighted by Crippen LogP contribution is 2.33. The first-order chi connectivity index (χ1) is 9.24. The van der Waals surface area contributed by atoms with Crippen molar-refractivity contribution in [1.29, 1.82) is 0 Å². The minimum Gasteiger partial charge on any atom is -0.399 e. The zero-order valence-electron chi connectivity index (χ0n) is 11.1. The van der Waals surface area contributed by atoms with Gasteiger partial charge in [-0.3, -0.25) is 4.98 Å². The molecule has 0 spiro atoms. The topological polar surface area (TPSA) is 63.8 Å². The third-order valence-corrected chi connectivity index (χ3v) is 3.67. The van der Waals surface area contributed by atoms with Gasteiger partial charge in [0.05, 0.1) is 11.7 Å². The lowest BCUT2D eigenvalue weighted by Gasteiger charge is -2.27. The third-order valence-electron chi connectivity index (χ3n) is 3.67. The van der Waals surface area contributed by atoms with Gasteiger partial charge in [0.25, 0.3) is 0 Å². The van der Waals surface area contributed by atoms with E-state index in [1.54, 1.807) is 12.4 Å². The maximum atomic E-state index is 5.86. The normalized spacial score (nSPS) is 17.8. The van der Waals surface area contributed by atoms with Crippen molar-refractivity contribution < 1.29 is 0 Å². The van der Waals surface area contributed by atoms with Crippen LogP contribution in [-0.2, 0) is 6.42 Å². The van der Waals surface area contributed by atoms with Crippen molar-refractivity contribution in [3.8, 4) is 0 Å². The number of aromatic nitrogens is 2. The Morgan fingerprint density at radius 3 is 2.95 bits per heavy atom. The van der Waals surface area contributed by atoms with E-state index in [-0.39, 0.29) is 0 Å². The Bertz CT molecular complexity index is 594. The maximum Gasteiger partial charge on any atom is 0.147 e. The lowest BCUT2D eigenvalue weighted by atomic mass is 9.87. The van der Waals surface area contributed by atoms with Gasteiger partial charge in [0, 0.05) is 18.1 Å². The Hall–Kier alpha value is -2.10. The van der Waals surface area contributed by atoms with Gasteiger partial charge < -0.3 is 11.1 Å². The zero-order chi connectivity index (χ0) is 13.2. The van der Waals surface area contributed by atoms with Crippen LogP contribution in [0.4, 0.5) is 11.5 Å². The van der Waals surface area contributed by atoms with Crippen molar-refractivity contribution in [2.75, 3.05) is 11.1 Å². The molecule has 3 rings (SSSR count). The van der Waals surface area contributed by atoms with Crippen LogP contribution in [0.2, 0.25) is 0 Å². The van der Waals surface area contributed by atoms with Gasteiger partial charge >= 0.3 is 0 Å². The van der Waals surface area contributed by atoms with Crippen LogP contribution in [0.3, 0.4) is 0 Å². The molecule has 1 atom stereocenters. The molecule has 1 aromatic carbocycles. The quantitative estimate of drug-likeness (QED) is 0.809. The van der Waals surface area contributed by atoms with Crippen molar-refractivity contribution >= 4 is 11.5 Å². The minimum absolute atomic E-state index is 0.305. The summed E-state index contributed by atoms with van der Waals surface area (Å²) in [4.78, 5) is 8.63. The Labute approximate surface area is 113 Å². The summed E-state index contributed by atoms with van der Waals surface area (Å²) >= 11 is 0. The fourth-order valence-corrected chi connectivity index (χ4v) is 2.70. The summed E-state index contributed by atoms with van der Waals surface area (Å²) in [6.45, 7) is 1.97. The highest BCUT2D eigenvalue weighted by atomic mass is 15.0. The van der Waals surface area contributed by atoms with E-state index < -0.39 is 0 Å². The van der Waals surface area contributed by atoms with Gasteiger partial charge in [0.2, 0.25) is 0 Å². The molecule has 1 heterocycles. The number of fused-ring (bicyclic) bond motifs is 1. The average Bonchev–Trinajstić information content (AvgIpc) is 2.41. The lowest BCUT2D eigenvalue weighted by molar-refractivity contribution is 0.598. The first-order valence-electron chi connectivity index (χ1n) is 6.66. The molecule has 2 aromatic rings. The number of hydrogen-bond donors (Lipinski definition) is 2. The molecule has 1 aliphatic rings. The number of nitrogens with zero attached hydrogens (tertiary/aromatic N) is 2. The van der Waals surface area contributed by atoms with Crippen LogP contribution in [0, 0.1) is 6.92 Å². The molecule has 1 aliphatic carbocycles. The van der Waals surface area contributed by atoms with Gasteiger partial charge in [-0.15, -0.1) is 0 Å². The minimum atomic E-state index is 0.305. The number of benzene rings is 1. The summed E-state index contributed by atoms with van der Waals surface area (Å²) in [5.74, 6) is 0.872. The highest BCUT2D eigenvalue weighted by molar-refractivity contribution is 5.50. The van der Waals surface area contributed by atoms with Crippen molar-refractivity contribution in [2.24, 2.45) is 0 Å². The molecule has 1 aromatic heterocycles. The predicted octanol–water partition coefficient (Wildman–Crippen LogP) is 2.86. The number of nitrogens with one attached hydrogen (secondary N) is 1. The number of rotatable bonds is 2. The van der Waals surface area contributed by atoms with E-state index in [0.717, 1.165) is 30.0 Å². The van der Waals surface area contributed by atoms with Crippen LogP contribution < -0.4 is 11.1 Å². The molecule has 0 saturated carbocycles. The van der Waals surface area contributed by atoms with Crippen molar-refractivity contribution in [1.82, 2.24) is 9.97 Å². The number of hydrogen-bond acceptors (Lipinski definition) is 4. The van der Waals surface area contributed by atoms with Crippen LogP contribution >= 0.6 is 0 Å². The molecule has 0 fully saturated rings. The third kappa shape index (κ3) is 2.38. The Kier molecular flexibility index (Phi) is 3.07. The molecule has 4 nitrogen and oxygen atoms in total. The van der Waals surface area contributed by atoms with Crippen LogP contribution in [-0.4, -0.2) is 9.97 Å². The van der Waals surface area contributed by atoms with Gasteiger partial charge in [-0.1, -0.05) is 6.07 Å². The van der Waals surface area contributed by atoms with Crippen LogP contribution in [0.5, 0.6) is 0 Å². The molecule has 0 saturated heterocycles. The zero-order valence-corrected chi connectivity index (χ0v) is 11.1. The Morgan fingerprint density at radius 1 is 1.26 bits per heavy atom. The number of anilines is 2. The fraction of sp³-hybridized carbons (Fsp3) is 0.333. The number of aryl methyl sites for hydroxylation is 2. The van der Waals surface area contributed by atoms with Gasteiger partial charge in [-0.05, 0) is 49.4 Å². The number of nitrogens with two attached hydrogens (primary N) is 1. The summed E-state index contributed by atoms with van der Waals surface area (Å²) < 4.78 is 0. The van der Waals surface area contributed by atoms with Gasteiger partial charge in [0.1, 0.15) is 5.82 Å². The molecule has 1 unspecified atom stereocenters.